The summed E-state index contributed by atoms with van der Waals surface area (Å²) in [4.78, 5) is 3.53. The van der Waals surface area contributed by atoms with E-state index in [0.29, 0.717) is 6.54 Å². The first-order chi connectivity index (χ1) is 8.74. The summed E-state index contributed by atoms with van der Waals surface area (Å²) in [5.41, 5.74) is 0. The average molecular weight is 335 g/mol. The van der Waals surface area contributed by atoms with Crippen LogP contribution in [0.3, 0.4) is 0 Å². The number of nitrogens with one attached hydrogen (secondary N) is 1. The van der Waals surface area contributed by atoms with Crippen molar-refractivity contribution >= 4 is 27.3 Å². The molecule has 0 saturated carbocycles. The van der Waals surface area contributed by atoms with Crippen LogP contribution in [0.4, 0.5) is 0 Å². The van der Waals surface area contributed by atoms with Crippen LogP contribution in [0.2, 0.25) is 0 Å². The van der Waals surface area contributed by atoms with E-state index in [-0.39, 0.29) is 6.10 Å². The van der Waals surface area contributed by atoms with E-state index >= 15 is 0 Å². The number of hydrogen-bond donors (Lipinski definition) is 2. The van der Waals surface area contributed by atoms with Crippen LogP contribution >= 0.6 is 27.3 Å². The van der Waals surface area contributed by atoms with Gasteiger partial charge in [-0.05, 0) is 22.0 Å². The van der Waals surface area contributed by atoms with Crippen LogP contribution in [-0.4, -0.2) is 55.5 Å². The molecule has 6 heteroatoms. The lowest BCUT2D eigenvalue weighted by atomic mass is 10.3. The van der Waals surface area contributed by atoms with Gasteiger partial charge in [0.1, 0.15) is 0 Å². The molecule has 0 aromatic carbocycles. The quantitative estimate of drug-likeness (QED) is 0.822. The van der Waals surface area contributed by atoms with Crippen LogP contribution in [0.5, 0.6) is 0 Å². The van der Waals surface area contributed by atoms with E-state index in [1.54, 1.807) is 11.3 Å². The number of morpholine rings is 1. The number of β-amino-alcohol motifs (C(OH)–C–C–N with tert-alkyl or cyclic N) is 1. The molecule has 0 amide bonds. The lowest BCUT2D eigenvalue weighted by molar-refractivity contribution is 0.0149. The van der Waals surface area contributed by atoms with Crippen LogP contribution < -0.4 is 5.32 Å². The minimum Gasteiger partial charge on any atom is -0.390 e. The molecule has 0 aliphatic carbocycles. The van der Waals surface area contributed by atoms with Gasteiger partial charge >= 0.3 is 0 Å². The summed E-state index contributed by atoms with van der Waals surface area (Å²) in [5.74, 6) is 0. The Hall–Kier alpha value is 0.0200. The van der Waals surface area contributed by atoms with Crippen molar-refractivity contribution in [1.29, 1.82) is 0 Å². The van der Waals surface area contributed by atoms with Crippen LogP contribution in [0.15, 0.2) is 15.9 Å². The third-order valence-corrected chi connectivity index (χ3v) is 4.57. The van der Waals surface area contributed by atoms with E-state index in [1.807, 2.05) is 0 Å². The number of halogens is 1. The first-order valence-corrected chi connectivity index (χ1v) is 7.83. The Morgan fingerprint density at radius 3 is 2.94 bits per heavy atom. The van der Waals surface area contributed by atoms with E-state index in [0.717, 1.165) is 43.9 Å². The Morgan fingerprint density at radius 1 is 1.50 bits per heavy atom. The van der Waals surface area contributed by atoms with Gasteiger partial charge in [0, 0.05) is 47.5 Å². The summed E-state index contributed by atoms with van der Waals surface area (Å²) >= 11 is 5.15. The monoisotopic (exact) mass is 334 g/mol. The maximum Gasteiger partial charge on any atom is 0.0791 e. The Kier molecular flexibility index (Phi) is 6.07. The molecule has 0 radical (unpaired) electrons. The molecule has 102 valence electrons. The maximum absolute atomic E-state index is 9.93. The highest BCUT2D eigenvalue weighted by Gasteiger charge is 2.14. The molecule has 1 atom stereocenters. The SMILES string of the molecule is OC(CNCc1cc(Br)cs1)CN1CCOCC1. The van der Waals surface area contributed by atoms with E-state index in [4.69, 9.17) is 4.74 Å². The molecule has 2 heterocycles. The minimum atomic E-state index is -0.313. The molecular weight excluding hydrogens is 316 g/mol. The zero-order valence-corrected chi connectivity index (χ0v) is 12.7. The average Bonchev–Trinajstić information content (AvgIpc) is 2.76. The third-order valence-electron chi connectivity index (χ3n) is 2.87. The summed E-state index contributed by atoms with van der Waals surface area (Å²) in [6.45, 7) is 5.59. The Labute approximate surface area is 120 Å². The number of hydrogen-bond acceptors (Lipinski definition) is 5. The van der Waals surface area contributed by atoms with Crippen molar-refractivity contribution < 1.29 is 9.84 Å². The van der Waals surface area contributed by atoms with Crippen molar-refractivity contribution in [3.8, 4) is 0 Å². The molecule has 1 unspecified atom stereocenters. The van der Waals surface area contributed by atoms with Crippen LogP contribution in [0, 0.1) is 0 Å². The number of nitrogens with zero attached hydrogens (tertiary/aromatic N) is 1. The van der Waals surface area contributed by atoms with Crippen molar-refractivity contribution in [2.24, 2.45) is 0 Å². The van der Waals surface area contributed by atoms with E-state index in [1.165, 1.54) is 4.88 Å². The Morgan fingerprint density at radius 2 is 2.28 bits per heavy atom. The molecule has 1 saturated heterocycles. The summed E-state index contributed by atoms with van der Waals surface area (Å²) in [7, 11) is 0. The fourth-order valence-electron chi connectivity index (χ4n) is 1.95. The topological polar surface area (TPSA) is 44.7 Å². The van der Waals surface area contributed by atoms with Crippen molar-refractivity contribution in [2.75, 3.05) is 39.4 Å². The van der Waals surface area contributed by atoms with Gasteiger partial charge in [-0.2, -0.15) is 0 Å². The second-order valence-electron chi connectivity index (χ2n) is 4.43. The lowest BCUT2D eigenvalue weighted by Crippen LogP contribution is -2.43. The maximum atomic E-state index is 9.93. The highest BCUT2D eigenvalue weighted by molar-refractivity contribution is 9.10. The van der Waals surface area contributed by atoms with Gasteiger partial charge in [-0.3, -0.25) is 4.90 Å². The minimum absolute atomic E-state index is 0.313. The van der Waals surface area contributed by atoms with Crippen LogP contribution in [-0.2, 0) is 11.3 Å². The van der Waals surface area contributed by atoms with Gasteiger partial charge in [-0.1, -0.05) is 0 Å². The fourth-order valence-corrected chi connectivity index (χ4v) is 3.38. The second kappa shape index (κ2) is 7.57. The molecule has 1 aromatic rings. The predicted molar refractivity (Wildman–Crippen MR) is 77.0 cm³/mol. The molecule has 2 N–H and O–H groups in total. The number of aliphatic hydroxyl groups excluding tert-OH is 1. The molecule has 4 nitrogen and oxygen atoms in total. The van der Waals surface area contributed by atoms with Crippen molar-refractivity contribution in [3.63, 3.8) is 0 Å². The molecule has 1 fully saturated rings. The first-order valence-electron chi connectivity index (χ1n) is 6.16. The highest BCUT2D eigenvalue weighted by atomic mass is 79.9. The van der Waals surface area contributed by atoms with E-state index in [9.17, 15) is 5.11 Å². The zero-order chi connectivity index (χ0) is 12.8. The molecular formula is C12H19BrN2O2S. The van der Waals surface area contributed by atoms with Gasteiger partial charge in [0.2, 0.25) is 0 Å². The van der Waals surface area contributed by atoms with Crippen molar-refractivity contribution in [3.05, 3.63) is 20.8 Å². The highest BCUT2D eigenvalue weighted by Crippen LogP contribution is 2.19. The molecule has 0 bridgehead atoms. The Bertz CT molecular complexity index is 356. The first kappa shape index (κ1) is 14.4. The summed E-state index contributed by atoms with van der Waals surface area (Å²) < 4.78 is 6.40. The molecule has 1 aliphatic rings. The normalized spacial score (nSPS) is 19.0. The van der Waals surface area contributed by atoms with Gasteiger partial charge in [0.05, 0.1) is 19.3 Å². The summed E-state index contributed by atoms with van der Waals surface area (Å²) in [6, 6.07) is 2.10. The number of ether oxygens (including phenoxy) is 1. The van der Waals surface area contributed by atoms with Crippen LogP contribution in [0.25, 0.3) is 0 Å². The lowest BCUT2D eigenvalue weighted by Gasteiger charge is -2.28. The van der Waals surface area contributed by atoms with Gasteiger partial charge in [-0.15, -0.1) is 11.3 Å². The number of rotatable bonds is 6. The predicted octanol–water partition coefficient (Wildman–Crippen LogP) is 1.29. The molecule has 18 heavy (non-hydrogen) atoms. The van der Waals surface area contributed by atoms with E-state index in [2.05, 4.69) is 37.6 Å². The van der Waals surface area contributed by atoms with Gasteiger partial charge in [0.25, 0.3) is 0 Å². The standard InChI is InChI=1S/C12H19BrN2O2S/c13-10-5-12(18-9-10)7-14-6-11(16)8-15-1-3-17-4-2-15/h5,9,11,14,16H,1-4,6-8H2. The molecule has 0 spiro atoms. The van der Waals surface area contributed by atoms with Crippen molar-refractivity contribution in [1.82, 2.24) is 10.2 Å². The fraction of sp³-hybridized carbons (Fsp3) is 0.667. The van der Waals surface area contributed by atoms with Crippen LogP contribution in [0.1, 0.15) is 4.88 Å². The summed E-state index contributed by atoms with van der Waals surface area (Å²) in [6.07, 6.45) is -0.313. The largest absolute Gasteiger partial charge is 0.390 e. The molecule has 1 aromatic heterocycles. The number of thiophene rings is 1. The smallest absolute Gasteiger partial charge is 0.0791 e. The van der Waals surface area contributed by atoms with E-state index < -0.39 is 0 Å². The molecule has 2 rings (SSSR count). The van der Waals surface area contributed by atoms with Gasteiger partial charge in [0.15, 0.2) is 0 Å². The Balaban J connectivity index is 1.60. The van der Waals surface area contributed by atoms with Gasteiger partial charge < -0.3 is 15.2 Å². The summed E-state index contributed by atoms with van der Waals surface area (Å²) in [5, 5.41) is 15.3. The third kappa shape index (κ3) is 4.95. The second-order valence-corrected chi connectivity index (χ2v) is 6.34. The zero-order valence-electron chi connectivity index (χ0n) is 10.3. The van der Waals surface area contributed by atoms with Crippen molar-refractivity contribution in [2.45, 2.75) is 12.6 Å². The molecule has 1 aliphatic heterocycles. The number of aliphatic hydroxyl groups is 1. The van der Waals surface area contributed by atoms with Gasteiger partial charge in [-0.25, -0.2) is 0 Å².